The Morgan fingerprint density at radius 2 is 1.50 bits per heavy atom. The molecule has 3 nitrogen and oxygen atoms in total. The fourth-order valence-electron chi connectivity index (χ4n) is 1.95. The molecule has 0 aliphatic carbocycles. The fourth-order valence-corrected chi connectivity index (χ4v) is 4.35. The van der Waals surface area contributed by atoms with Gasteiger partial charge < -0.3 is 9.53 Å². The van der Waals surface area contributed by atoms with Crippen LogP contribution in [-0.2, 0) is 9.22 Å². The summed E-state index contributed by atoms with van der Waals surface area (Å²) in [6.45, 7) is 1.92. The smallest absolute Gasteiger partial charge is 0.308 e. The first-order valence-corrected chi connectivity index (χ1v) is 8.25. The van der Waals surface area contributed by atoms with Crippen LogP contribution in [0.5, 0.6) is 0 Å². The van der Waals surface area contributed by atoms with E-state index in [0.29, 0.717) is 0 Å². The maximum Gasteiger partial charge on any atom is 0.308 e. The molecule has 0 amide bonds. The largest absolute Gasteiger partial charge is 0.481 e. The Morgan fingerprint density at radius 3 is 1.90 bits per heavy atom. The van der Waals surface area contributed by atoms with Gasteiger partial charge in [-0.1, -0.05) is 60.7 Å². The van der Waals surface area contributed by atoms with E-state index in [1.165, 1.54) is 0 Å². The van der Waals surface area contributed by atoms with Gasteiger partial charge in [0.2, 0.25) is 9.04 Å². The van der Waals surface area contributed by atoms with Crippen LogP contribution in [0, 0.1) is 5.92 Å². The highest BCUT2D eigenvalue weighted by atomic mass is 28.3. The zero-order chi connectivity index (χ0) is 14.4. The third-order valence-electron chi connectivity index (χ3n) is 3.14. The minimum Gasteiger partial charge on any atom is -0.481 e. The second-order valence-electron chi connectivity index (χ2n) is 4.77. The molecule has 2 aromatic carbocycles. The summed E-state index contributed by atoms with van der Waals surface area (Å²) in [4.78, 5) is 10.9. The molecular formula is C16H18O3Si. The molecule has 2 rings (SSSR count). The zero-order valence-electron chi connectivity index (χ0n) is 11.4. The molecule has 0 bridgehead atoms. The number of hydrogen-bond acceptors (Lipinski definition) is 2. The van der Waals surface area contributed by atoms with Gasteiger partial charge in [0.15, 0.2) is 0 Å². The van der Waals surface area contributed by atoms with E-state index in [4.69, 9.17) is 9.53 Å². The highest BCUT2D eigenvalue weighted by molar-refractivity contribution is 6.80. The van der Waals surface area contributed by atoms with Crippen molar-refractivity contribution in [1.29, 1.82) is 0 Å². The monoisotopic (exact) mass is 286 g/mol. The standard InChI is InChI=1S/C16H18O3Si/c1-13(16(17)18)12-19-20(14-8-4-2-5-9-14)15-10-6-3-7-11-15/h2-11,13,20H,12H2,1H3,(H,17,18)/t13-/m0/s1. The second kappa shape index (κ2) is 7.03. The molecule has 0 radical (unpaired) electrons. The number of carboxylic acid groups (broad SMARTS) is 1. The Kier molecular flexibility index (Phi) is 5.09. The van der Waals surface area contributed by atoms with Crippen LogP contribution in [0.2, 0.25) is 0 Å². The van der Waals surface area contributed by atoms with E-state index in [9.17, 15) is 4.79 Å². The molecule has 0 spiro atoms. The number of hydrogen-bond donors (Lipinski definition) is 1. The summed E-state index contributed by atoms with van der Waals surface area (Å²) in [7, 11) is -1.81. The Labute approximate surface area is 120 Å². The first-order valence-electron chi connectivity index (χ1n) is 6.63. The summed E-state index contributed by atoms with van der Waals surface area (Å²) < 4.78 is 6.00. The number of carbonyl (C=O) groups is 1. The molecule has 1 N–H and O–H groups in total. The summed E-state index contributed by atoms with van der Waals surface area (Å²) in [5, 5.41) is 11.3. The lowest BCUT2D eigenvalue weighted by atomic mass is 10.2. The summed E-state index contributed by atoms with van der Waals surface area (Å²) in [5.41, 5.74) is 0. The van der Waals surface area contributed by atoms with E-state index >= 15 is 0 Å². The lowest BCUT2D eigenvalue weighted by Gasteiger charge is -2.18. The Morgan fingerprint density at radius 1 is 1.05 bits per heavy atom. The highest BCUT2D eigenvalue weighted by Gasteiger charge is 2.20. The van der Waals surface area contributed by atoms with Gasteiger partial charge in [-0.15, -0.1) is 0 Å². The molecule has 0 saturated heterocycles. The fraction of sp³-hybridized carbons (Fsp3) is 0.188. The van der Waals surface area contributed by atoms with Crippen molar-refractivity contribution in [1.82, 2.24) is 0 Å². The number of benzene rings is 2. The normalized spacial score (nSPS) is 12.3. The van der Waals surface area contributed by atoms with E-state index in [0.717, 1.165) is 10.4 Å². The number of rotatable bonds is 6. The number of aliphatic carboxylic acids is 1. The Bertz CT molecular complexity index is 503. The van der Waals surface area contributed by atoms with Gasteiger partial charge in [0.1, 0.15) is 0 Å². The van der Waals surface area contributed by atoms with Gasteiger partial charge in [0.25, 0.3) is 0 Å². The number of carboxylic acids is 1. The molecule has 0 aromatic heterocycles. The van der Waals surface area contributed by atoms with Gasteiger partial charge in [-0.2, -0.15) is 0 Å². The average Bonchev–Trinajstić information content (AvgIpc) is 2.49. The minimum absolute atomic E-state index is 0.246. The van der Waals surface area contributed by atoms with Gasteiger partial charge in [-0.05, 0) is 17.3 Å². The van der Waals surface area contributed by atoms with Crippen molar-refractivity contribution in [2.75, 3.05) is 6.61 Å². The van der Waals surface area contributed by atoms with Gasteiger partial charge in [-0.3, -0.25) is 4.79 Å². The molecule has 0 unspecified atom stereocenters. The topological polar surface area (TPSA) is 46.5 Å². The van der Waals surface area contributed by atoms with E-state index in [1.54, 1.807) is 6.92 Å². The van der Waals surface area contributed by atoms with E-state index in [-0.39, 0.29) is 6.61 Å². The quantitative estimate of drug-likeness (QED) is 0.813. The molecule has 0 saturated carbocycles. The van der Waals surface area contributed by atoms with Gasteiger partial charge in [0, 0.05) is 6.61 Å². The first-order chi connectivity index (χ1) is 9.68. The molecule has 2 aromatic rings. The lowest BCUT2D eigenvalue weighted by Crippen LogP contribution is -2.46. The van der Waals surface area contributed by atoms with E-state index in [1.807, 2.05) is 36.4 Å². The summed E-state index contributed by atoms with van der Waals surface area (Å²) in [6.07, 6.45) is 0. The maximum absolute atomic E-state index is 10.9. The van der Waals surface area contributed by atoms with Gasteiger partial charge in [-0.25, -0.2) is 0 Å². The van der Waals surface area contributed by atoms with Crippen molar-refractivity contribution in [3.8, 4) is 0 Å². The predicted molar refractivity (Wildman–Crippen MR) is 82.1 cm³/mol. The van der Waals surface area contributed by atoms with Crippen LogP contribution in [-0.4, -0.2) is 26.7 Å². The van der Waals surface area contributed by atoms with E-state index in [2.05, 4.69) is 24.3 Å². The molecule has 0 aliphatic rings. The van der Waals surface area contributed by atoms with Crippen molar-refractivity contribution in [3.63, 3.8) is 0 Å². The van der Waals surface area contributed by atoms with Crippen LogP contribution >= 0.6 is 0 Å². The molecular weight excluding hydrogens is 268 g/mol. The van der Waals surface area contributed by atoms with Crippen molar-refractivity contribution in [2.24, 2.45) is 5.92 Å². The SMILES string of the molecule is C[C@@H](CO[SiH](c1ccccc1)c1ccccc1)C(=O)O. The average molecular weight is 286 g/mol. The summed E-state index contributed by atoms with van der Waals surface area (Å²) in [6, 6.07) is 20.1. The second-order valence-corrected chi connectivity index (χ2v) is 7.20. The molecule has 0 aliphatic heterocycles. The zero-order valence-corrected chi connectivity index (χ0v) is 12.6. The van der Waals surface area contributed by atoms with Crippen molar-refractivity contribution >= 4 is 25.4 Å². The van der Waals surface area contributed by atoms with Crippen LogP contribution in [0.15, 0.2) is 60.7 Å². The van der Waals surface area contributed by atoms with Crippen LogP contribution in [0.25, 0.3) is 0 Å². The molecule has 104 valence electrons. The van der Waals surface area contributed by atoms with E-state index < -0.39 is 20.9 Å². The van der Waals surface area contributed by atoms with Crippen LogP contribution in [0.3, 0.4) is 0 Å². The molecule has 0 heterocycles. The predicted octanol–water partition coefficient (Wildman–Crippen LogP) is 1.26. The molecule has 4 heteroatoms. The summed E-state index contributed by atoms with van der Waals surface area (Å²) in [5.74, 6) is -1.31. The Balaban J connectivity index is 2.19. The van der Waals surface area contributed by atoms with Gasteiger partial charge >= 0.3 is 5.97 Å². The van der Waals surface area contributed by atoms with Crippen LogP contribution < -0.4 is 10.4 Å². The lowest BCUT2D eigenvalue weighted by molar-refractivity contribution is -0.142. The first kappa shape index (κ1) is 14.5. The Hall–Kier alpha value is -1.91. The third-order valence-corrected chi connectivity index (χ3v) is 5.65. The maximum atomic E-state index is 10.9. The molecule has 20 heavy (non-hydrogen) atoms. The van der Waals surface area contributed by atoms with Gasteiger partial charge in [0.05, 0.1) is 5.92 Å². The molecule has 0 fully saturated rings. The minimum atomic E-state index is -1.81. The summed E-state index contributed by atoms with van der Waals surface area (Å²) >= 11 is 0. The third kappa shape index (κ3) is 3.79. The van der Waals surface area contributed by atoms with Crippen molar-refractivity contribution < 1.29 is 14.3 Å². The van der Waals surface area contributed by atoms with Crippen LogP contribution in [0.4, 0.5) is 0 Å². The van der Waals surface area contributed by atoms with Crippen molar-refractivity contribution in [2.45, 2.75) is 6.92 Å². The van der Waals surface area contributed by atoms with Crippen LogP contribution in [0.1, 0.15) is 6.92 Å². The molecule has 1 atom stereocenters. The highest BCUT2D eigenvalue weighted by Crippen LogP contribution is 2.00. The van der Waals surface area contributed by atoms with Crippen molar-refractivity contribution in [3.05, 3.63) is 60.7 Å².